The second-order valence-electron chi connectivity index (χ2n) is 9.11. The van der Waals surface area contributed by atoms with Crippen LogP contribution >= 0.6 is 0 Å². The minimum Gasteiger partial charge on any atom is -0.444 e. The van der Waals surface area contributed by atoms with Crippen molar-refractivity contribution in [3.8, 4) is 0 Å². The van der Waals surface area contributed by atoms with Crippen LogP contribution in [0.5, 0.6) is 0 Å². The Morgan fingerprint density at radius 3 is 2.33 bits per heavy atom. The number of rotatable bonds is 6. The van der Waals surface area contributed by atoms with Gasteiger partial charge in [0.25, 0.3) is 0 Å². The zero-order chi connectivity index (χ0) is 20.2. The molecule has 2 heterocycles. The number of fused-ring (bicyclic) bond motifs is 2. The van der Waals surface area contributed by atoms with Gasteiger partial charge < -0.3 is 19.9 Å². The van der Waals surface area contributed by atoms with E-state index in [1.807, 2.05) is 56.8 Å². The Hall–Kier alpha value is -1.82. The zero-order valence-electron chi connectivity index (χ0n) is 17.5. The first-order valence-electron chi connectivity index (χ1n) is 9.81. The lowest BCUT2D eigenvalue weighted by atomic mass is 9.80. The van der Waals surface area contributed by atoms with E-state index in [1.54, 1.807) is 6.08 Å². The fourth-order valence-electron chi connectivity index (χ4n) is 4.23. The summed E-state index contributed by atoms with van der Waals surface area (Å²) in [6.07, 6.45) is 9.18. The van der Waals surface area contributed by atoms with E-state index in [4.69, 9.17) is 4.74 Å². The average Bonchev–Trinajstić information content (AvgIpc) is 2.78. The van der Waals surface area contributed by atoms with Crippen molar-refractivity contribution in [1.29, 1.82) is 0 Å². The molecule has 2 rings (SSSR count). The number of ether oxygens (including phenoxy) is 1. The first-order chi connectivity index (χ1) is 12.6. The minimum absolute atomic E-state index is 0.0798. The SMILES string of the molecule is C=CCC1(NC(=O)/C=C/CN(C)C)CC2CCC(C1)N2C(=O)OC(C)(C)C. The second kappa shape index (κ2) is 8.46. The molecular formula is C21H35N3O3. The molecule has 0 aromatic carbocycles. The summed E-state index contributed by atoms with van der Waals surface area (Å²) < 4.78 is 5.61. The number of carbonyl (C=O) groups is 2. The van der Waals surface area contributed by atoms with E-state index < -0.39 is 5.60 Å². The molecule has 27 heavy (non-hydrogen) atoms. The topological polar surface area (TPSA) is 61.9 Å². The molecule has 2 amide bonds. The maximum absolute atomic E-state index is 12.7. The van der Waals surface area contributed by atoms with E-state index in [2.05, 4.69) is 11.9 Å². The van der Waals surface area contributed by atoms with Gasteiger partial charge in [-0.25, -0.2) is 4.79 Å². The Morgan fingerprint density at radius 1 is 1.26 bits per heavy atom. The fourth-order valence-corrected chi connectivity index (χ4v) is 4.23. The van der Waals surface area contributed by atoms with Crippen molar-refractivity contribution in [2.75, 3.05) is 20.6 Å². The van der Waals surface area contributed by atoms with Crippen LogP contribution in [-0.4, -0.2) is 65.7 Å². The van der Waals surface area contributed by atoms with Crippen molar-refractivity contribution in [2.45, 2.75) is 76.1 Å². The summed E-state index contributed by atoms with van der Waals surface area (Å²) in [7, 11) is 3.93. The molecule has 6 heteroatoms. The number of hydrogen-bond donors (Lipinski definition) is 1. The zero-order valence-corrected chi connectivity index (χ0v) is 17.5. The van der Waals surface area contributed by atoms with Crippen LogP contribution in [0.1, 0.15) is 52.9 Å². The van der Waals surface area contributed by atoms with Gasteiger partial charge in [0, 0.05) is 30.2 Å². The highest BCUT2D eigenvalue weighted by Crippen LogP contribution is 2.43. The van der Waals surface area contributed by atoms with Gasteiger partial charge in [-0.2, -0.15) is 0 Å². The van der Waals surface area contributed by atoms with Gasteiger partial charge >= 0.3 is 6.09 Å². The summed E-state index contributed by atoms with van der Waals surface area (Å²) in [5.74, 6) is -0.0798. The molecule has 2 bridgehead atoms. The van der Waals surface area contributed by atoms with E-state index in [0.717, 1.165) is 32.2 Å². The number of amides is 2. The van der Waals surface area contributed by atoms with Gasteiger partial charge in [-0.1, -0.05) is 12.2 Å². The van der Waals surface area contributed by atoms with Crippen LogP contribution in [0.25, 0.3) is 0 Å². The molecule has 2 aliphatic rings. The number of nitrogens with zero attached hydrogens (tertiary/aromatic N) is 2. The van der Waals surface area contributed by atoms with E-state index in [-0.39, 0.29) is 29.6 Å². The monoisotopic (exact) mass is 377 g/mol. The van der Waals surface area contributed by atoms with Crippen LogP contribution in [0.15, 0.2) is 24.8 Å². The van der Waals surface area contributed by atoms with Crippen molar-refractivity contribution >= 4 is 12.0 Å². The first kappa shape index (κ1) is 21.5. The summed E-state index contributed by atoms with van der Waals surface area (Å²) in [4.78, 5) is 29.0. The van der Waals surface area contributed by atoms with E-state index in [1.165, 1.54) is 0 Å². The predicted octanol–water partition coefficient (Wildman–Crippen LogP) is 3.10. The third-order valence-corrected chi connectivity index (χ3v) is 5.14. The molecule has 2 unspecified atom stereocenters. The van der Waals surface area contributed by atoms with Crippen molar-refractivity contribution in [2.24, 2.45) is 0 Å². The normalized spacial score (nSPS) is 27.9. The molecule has 6 nitrogen and oxygen atoms in total. The van der Waals surface area contributed by atoms with E-state index in [0.29, 0.717) is 6.42 Å². The Kier molecular flexibility index (Phi) is 6.73. The molecule has 2 aliphatic heterocycles. The van der Waals surface area contributed by atoms with E-state index >= 15 is 0 Å². The van der Waals surface area contributed by atoms with Crippen molar-refractivity contribution in [3.63, 3.8) is 0 Å². The molecule has 152 valence electrons. The number of likely N-dealkylation sites (N-methyl/N-ethyl adjacent to an activating group) is 1. The maximum Gasteiger partial charge on any atom is 0.410 e. The third-order valence-electron chi connectivity index (χ3n) is 5.14. The third kappa shape index (κ3) is 5.83. The van der Waals surface area contributed by atoms with Crippen LogP contribution < -0.4 is 5.32 Å². The average molecular weight is 378 g/mol. The van der Waals surface area contributed by atoms with E-state index in [9.17, 15) is 9.59 Å². The van der Waals surface area contributed by atoms with Gasteiger partial charge in [0.1, 0.15) is 5.60 Å². The maximum atomic E-state index is 12.7. The van der Waals surface area contributed by atoms with Crippen molar-refractivity contribution < 1.29 is 14.3 Å². The number of piperidine rings is 1. The largest absolute Gasteiger partial charge is 0.444 e. The smallest absolute Gasteiger partial charge is 0.410 e. The highest BCUT2D eigenvalue weighted by atomic mass is 16.6. The van der Waals surface area contributed by atoms with Crippen LogP contribution in [0.2, 0.25) is 0 Å². The molecule has 2 atom stereocenters. The lowest BCUT2D eigenvalue weighted by Crippen LogP contribution is -2.60. The molecule has 2 saturated heterocycles. The molecule has 0 saturated carbocycles. The Morgan fingerprint density at radius 2 is 1.85 bits per heavy atom. The summed E-state index contributed by atoms with van der Waals surface area (Å²) in [6, 6.07) is 0.203. The van der Waals surface area contributed by atoms with Gasteiger partial charge in [-0.15, -0.1) is 6.58 Å². The number of nitrogens with one attached hydrogen (secondary N) is 1. The highest BCUT2D eigenvalue weighted by molar-refractivity contribution is 5.88. The van der Waals surface area contributed by atoms with Crippen LogP contribution in [0.3, 0.4) is 0 Å². The molecule has 1 N–H and O–H groups in total. The van der Waals surface area contributed by atoms with Crippen LogP contribution in [-0.2, 0) is 9.53 Å². The lowest BCUT2D eigenvalue weighted by molar-refractivity contribution is -0.119. The molecule has 0 aliphatic carbocycles. The molecular weight excluding hydrogens is 342 g/mol. The Labute approximate surface area is 163 Å². The summed E-state index contributed by atoms with van der Waals surface area (Å²) >= 11 is 0. The van der Waals surface area contributed by atoms with Gasteiger partial charge in [0.15, 0.2) is 0 Å². The lowest BCUT2D eigenvalue weighted by Gasteiger charge is -2.46. The van der Waals surface area contributed by atoms with Crippen LogP contribution in [0, 0.1) is 0 Å². The summed E-state index contributed by atoms with van der Waals surface area (Å²) in [5, 5.41) is 3.22. The Balaban J connectivity index is 2.08. The van der Waals surface area contributed by atoms with Crippen molar-refractivity contribution in [1.82, 2.24) is 15.1 Å². The first-order valence-corrected chi connectivity index (χ1v) is 9.81. The van der Waals surface area contributed by atoms with Crippen molar-refractivity contribution in [3.05, 3.63) is 24.8 Å². The van der Waals surface area contributed by atoms with Gasteiger partial charge in [0.2, 0.25) is 5.91 Å². The standard InChI is InChI=1S/C21H35N3O3/c1-7-12-21(22-18(25)9-8-13-23(5)6)14-16-10-11-17(15-21)24(16)19(26)27-20(2,3)4/h7-9,16-17H,1,10-15H2,2-6H3,(H,22,25)/b9-8+. The fraction of sp³-hybridized carbons (Fsp3) is 0.714. The molecule has 0 radical (unpaired) electrons. The number of hydrogen-bond acceptors (Lipinski definition) is 4. The second-order valence-corrected chi connectivity index (χ2v) is 9.11. The summed E-state index contributed by atoms with van der Waals surface area (Å²) in [6.45, 7) is 10.3. The highest BCUT2D eigenvalue weighted by Gasteiger charge is 2.51. The minimum atomic E-state index is -0.502. The molecule has 0 aromatic rings. The number of carbonyl (C=O) groups excluding carboxylic acids is 2. The predicted molar refractivity (Wildman–Crippen MR) is 107 cm³/mol. The van der Waals surface area contributed by atoms with Crippen LogP contribution in [0.4, 0.5) is 4.79 Å². The van der Waals surface area contributed by atoms with Gasteiger partial charge in [0.05, 0.1) is 0 Å². The quantitative estimate of drug-likeness (QED) is 0.571. The molecule has 0 aromatic heterocycles. The molecule has 2 fully saturated rings. The van der Waals surface area contributed by atoms with Gasteiger partial charge in [-0.05, 0) is 67.0 Å². The Bertz CT molecular complexity index is 578. The molecule has 0 spiro atoms. The summed E-state index contributed by atoms with van der Waals surface area (Å²) in [5.41, 5.74) is -0.844. The van der Waals surface area contributed by atoms with Gasteiger partial charge in [-0.3, -0.25) is 4.79 Å².